The van der Waals surface area contributed by atoms with Crippen LogP contribution in [0.4, 0.5) is 0 Å². The molecule has 4 aliphatic carbocycles. The zero-order valence-corrected chi connectivity index (χ0v) is 21.3. The van der Waals surface area contributed by atoms with E-state index in [1.165, 1.54) is 5.57 Å². The van der Waals surface area contributed by atoms with Crippen LogP contribution in [-0.2, 0) is 9.59 Å². The van der Waals surface area contributed by atoms with Crippen molar-refractivity contribution in [2.45, 2.75) is 87.0 Å². The van der Waals surface area contributed by atoms with Crippen molar-refractivity contribution in [3.05, 3.63) is 46.3 Å². The Bertz CT molecular complexity index is 1040. The summed E-state index contributed by atoms with van der Waals surface area (Å²) in [6.45, 7) is 14.9. The maximum absolute atomic E-state index is 12.5. The number of hydrogen-bond acceptors (Lipinski definition) is 3. The van der Waals surface area contributed by atoms with Crippen molar-refractivity contribution in [1.29, 1.82) is 0 Å². The Morgan fingerprint density at radius 2 is 1.82 bits per heavy atom. The second-order valence-corrected chi connectivity index (χ2v) is 12.5. The van der Waals surface area contributed by atoms with E-state index in [2.05, 4.69) is 39.8 Å². The molecule has 180 valence electrons. The van der Waals surface area contributed by atoms with Gasteiger partial charge in [-0.1, -0.05) is 51.8 Å². The summed E-state index contributed by atoms with van der Waals surface area (Å²) in [5, 5.41) is 20.2. The van der Waals surface area contributed by atoms with Crippen LogP contribution in [0, 0.1) is 33.5 Å². The fourth-order valence-corrected chi connectivity index (χ4v) is 7.66. The van der Waals surface area contributed by atoms with Gasteiger partial charge >= 0.3 is 5.97 Å². The molecule has 0 radical (unpaired) electrons. The van der Waals surface area contributed by atoms with Gasteiger partial charge in [0.05, 0.1) is 5.41 Å². The Hall–Kier alpha value is -2.10. The SMILES string of the molecule is CCC1(C)CCC2(C)C3=CC=C4C(=CC(=O)C(O)=C4C)C3(C)CCC2C1CC(C)(C)C(=O)O. The molecule has 0 aliphatic heterocycles. The van der Waals surface area contributed by atoms with Gasteiger partial charge in [0.15, 0.2) is 5.76 Å². The largest absolute Gasteiger partial charge is 0.504 e. The number of fused-ring (bicyclic) bond motifs is 5. The lowest BCUT2D eigenvalue weighted by molar-refractivity contribution is -0.151. The van der Waals surface area contributed by atoms with Gasteiger partial charge in [0.1, 0.15) is 0 Å². The molecule has 0 heterocycles. The van der Waals surface area contributed by atoms with Gasteiger partial charge in [-0.25, -0.2) is 0 Å². The van der Waals surface area contributed by atoms with E-state index < -0.39 is 11.4 Å². The fraction of sp³-hybridized carbons (Fsp3) is 0.655. The van der Waals surface area contributed by atoms with E-state index in [1.807, 2.05) is 20.8 Å². The van der Waals surface area contributed by atoms with Crippen LogP contribution < -0.4 is 0 Å². The number of carbonyl (C=O) groups is 2. The first-order valence-electron chi connectivity index (χ1n) is 12.5. The molecule has 0 amide bonds. The molecule has 2 fully saturated rings. The van der Waals surface area contributed by atoms with E-state index in [4.69, 9.17) is 0 Å². The molecular formula is C29H40O4. The highest BCUT2D eigenvalue weighted by atomic mass is 16.4. The van der Waals surface area contributed by atoms with Gasteiger partial charge in [-0.2, -0.15) is 0 Å². The van der Waals surface area contributed by atoms with Crippen molar-refractivity contribution in [1.82, 2.24) is 0 Å². The van der Waals surface area contributed by atoms with Crippen molar-refractivity contribution in [3.63, 3.8) is 0 Å². The number of rotatable bonds is 4. The third kappa shape index (κ3) is 3.31. The number of aliphatic carboxylic acids is 1. The van der Waals surface area contributed by atoms with Gasteiger partial charge in [-0.05, 0) is 92.8 Å². The number of carboxylic acid groups (broad SMARTS) is 1. The summed E-state index contributed by atoms with van der Waals surface area (Å²) in [6.07, 6.45) is 11.9. The Kier molecular flexibility index (Phi) is 5.43. The molecule has 0 aromatic heterocycles. The van der Waals surface area contributed by atoms with Gasteiger partial charge in [-0.3, -0.25) is 9.59 Å². The first kappa shape index (κ1) is 24.0. The first-order valence-corrected chi connectivity index (χ1v) is 12.5. The summed E-state index contributed by atoms with van der Waals surface area (Å²) in [5.74, 6) is -0.411. The molecule has 0 spiro atoms. The van der Waals surface area contributed by atoms with E-state index in [0.29, 0.717) is 23.8 Å². The second kappa shape index (κ2) is 7.45. The fourth-order valence-electron chi connectivity index (χ4n) is 7.66. The smallest absolute Gasteiger partial charge is 0.309 e. The number of aliphatic hydroxyl groups excluding tert-OH is 1. The van der Waals surface area contributed by atoms with Crippen LogP contribution >= 0.6 is 0 Å². The van der Waals surface area contributed by atoms with Gasteiger partial charge in [0.2, 0.25) is 5.78 Å². The average Bonchev–Trinajstić information content (AvgIpc) is 2.74. The van der Waals surface area contributed by atoms with Crippen molar-refractivity contribution < 1.29 is 19.8 Å². The zero-order valence-electron chi connectivity index (χ0n) is 21.3. The highest BCUT2D eigenvalue weighted by Gasteiger charge is 2.60. The first-order chi connectivity index (χ1) is 15.2. The van der Waals surface area contributed by atoms with Gasteiger partial charge in [0.25, 0.3) is 0 Å². The topological polar surface area (TPSA) is 74.6 Å². The molecule has 0 aromatic carbocycles. The minimum Gasteiger partial charge on any atom is -0.504 e. The summed E-state index contributed by atoms with van der Waals surface area (Å²) in [5.41, 5.74) is 3.19. The molecule has 0 aromatic rings. The maximum atomic E-state index is 12.5. The molecule has 4 nitrogen and oxygen atoms in total. The normalized spacial score (nSPS) is 38.5. The van der Waals surface area contributed by atoms with Crippen molar-refractivity contribution >= 4 is 11.8 Å². The standard InChI is InChI=1S/C29H40O4/c1-8-27(5)13-14-29(7)19(21(27)16-26(3,4)25(32)33)11-12-28(6)20-15-22(30)24(31)17(2)18(20)9-10-23(28)29/h9-10,15,19,21,31H,8,11-14,16H2,1-7H3,(H,32,33). The minimum absolute atomic E-state index is 0.0377. The number of carboxylic acids is 1. The van der Waals surface area contributed by atoms with E-state index in [1.54, 1.807) is 6.08 Å². The molecule has 0 bridgehead atoms. The van der Waals surface area contributed by atoms with Crippen molar-refractivity contribution in [2.24, 2.45) is 33.5 Å². The lowest BCUT2D eigenvalue weighted by Gasteiger charge is -2.63. The zero-order chi connectivity index (χ0) is 24.6. The summed E-state index contributed by atoms with van der Waals surface area (Å²) in [6, 6.07) is 0. The number of allylic oxidation sites excluding steroid dienone is 7. The molecule has 0 saturated heterocycles. The van der Waals surface area contributed by atoms with Crippen molar-refractivity contribution in [3.8, 4) is 0 Å². The Balaban J connectivity index is 1.82. The lowest BCUT2D eigenvalue weighted by atomic mass is 9.41. The molecule has 33 heavy (non-hydrogen) atoms. The molecule has 2 saturated carbocycles. The molecule has 5 unspecified atom stereocenters. The average molecular weight is 453 g/mol. The number of hydrogen-bond donors (Lipinski definition) is 2. The van der Waals surface area contributed by atoms with E-state index >= 15 is 0 Å². The highest BCUT2D eigenvalue weighted by Crippen LogP contribution is 2.69. The van der Waals surface area contributed by atoms with Crippen LogP contribution in [0.1, 0.15) is 87.0 Å². The summed E-state index contributed by atoms with van der Waals surface area (Å²) >= 11 is 0. The summed E-state index contributed by atoms with van der Waals surface area (Å²) < 4.78 is 0. The molecule has 2 N–H and O–H groups in total. The van der Waals surface area contributed by atoms with Crippen molar-refractivity contribution in [2.75, 3.05) is 0 Å². The van der Waals surface area contributed by atoms with Crippen LogP contribution in [0.3, 0.4) is 0 Å². The summed E-state index contributed by atoms with van der Waals surface area (Å²) in [7, 11) is 0. The predicted octanol–water partition coefficient (Wildman–Crippen LogP) is 6.94. The molecule has 4 aliphatic rings. The Labute approximate surface area is 198 Å². The van der Waals surface area contributed by atoms with Crippen LogP contribution in [-0.4, -0.2) is 22.0 Å². The third-order valence-electron chi connectivity index (χ3n) is 10.3. The maximum Gasteiger partial charge on any atom is 0.309 e. The van der Waals surface area contributed by atoms with E-state index in [9.17, 15) is 19.8 Å². The lowest BCUT2D eigenvalue weighted by Crippen LogP contribution is -2.54. The second-order valence-electron chi connectivity index (χ2n) is 12.5. The van der Waals surface area contributed by atoms with Crippen LogP contribution in [0.25, 0.3) is 0 Å². The predicted molar refractivity (Wildman–Crippen MR) is 131 cm³/mol. The Morgan fingerprint density at radius 1 is 1.15 bits per heavy atom. The van der Waals surface area contributed by atoms with Gasteiger partial charge in [-0.15, -0.1) is 0 Å². The van der Waals surface area contributed by atoms with Crippen LogP contribution in [0.5, 0.6) is 0 Å². The third-order valence-corrected chi connectivity index (χ3v) is 10.3. The monoisotopic (exact) mass is 452 g/mol. The molecular weight excluding hydrogens is 412 g/mol. The highest BCUT2D eigenvalue weighted by molar-refractivity contribution is 6.06. The summed E-state index contributed by atoms with van der Waals surface area (Å²) in [4.78, 5) is 24.6. The minimum atomic E-state index is -0.758. The van der Waals surface area contributed by atoms with Gasteiger partial charge < -0.3 is 10.2 Å². The number of aliphatic hydroxyl groups is 1. The van der Waals surface area contributed by atoms with E-state index in [0.717, 1.165) is 43.3 Å². The molecule has 5 atom stereocenters. The molecule has 4 heteroatoms. The van der Waals surface area contributed by atoms with E-state index in [-0.39, 0.29) is 27.8 Å². The van der Waals surface area contributed by atoms with Crippen LogP contribution in [0.15, 0.2) is 46.3 Å². The molecule has 4 rings (SSSR count). The number of ketones is 1. The number of carbonyl (C=O) groups excluding carboxylic acids is 1. The quantitative estimate of drug-likeness (QED) is 0.484. The van der Waals surface area contributed by atoms with Gasteiger partial charge in [0, 0.05) is 11.0 Å². The Morgan fingerprint density at radius 3 is 2.42 bits per heavy atom. The van der Waals surface area contributed by atoms with Crippen LogP contribution in [0.2, 0.25) is 0 Å².